The number of amides is 1. The third kappa shape index (κ3) is 4.40. The second kappa shape index (κ2) is 7.38. The molecule has 2 N–H and O–H groups in total. The minimum absolute atomic E-state index is 0.0117. The Hall–Kier alpha value is -1.20. The van der Waals surface area contributed by atoms with Gasteiger partial charge in [0, 0.05) is 4.90 Å². The van der Waals surface area contributed by atoms with Gasteiger partial charge in [0.1, 0.15) is 0 Å². The Labute approximate surface area is 139 Å². The lowest BCUT2D eigenvalue weighted by Gasteiger charge is -2.30. The summed E-state index contributed by atoms with van der Waals surface area (Å²) >= 11 is 7.50. The second-order valence-corrected chi connectivity index (χ2v) is 7.53. The zero-order valence-corrected chi connectivity index (χ0v) is 14.0. The Kier molecular flexibility index (Phi) is 5.75. The van der Waals surface area contributed by atoms with Gasteiger partial charge in [0.25, 0.3) is 0 Å². The SMILES string of the molecule is CC(Sc1ccccc1Cl)C(=O)NC1(CC(=O)O)CCCC1. The maximum absolute atomic E-state index is 12.4. The lowest BCUT2D eigenvalue weighted by atomic mass is 9.93. The van der Waals surface area contributed by atoms with Crippen LogP contribution in [0.25, 0.3) is 0 Å². The summed E-state index contributed by atoms with van der Waals surface area (Å²) in [6.45, 7) is 1.81. The molecule has 0 bridgehead atoms. The molecule has 1 atom stereocenters. The highest BCUT2D eigenvalue weighted by molar-refractivity contribution is 8.00. The molecular weight excluding hydrogens is 322 g/mol. The number of carbonyl (C=O) groups is 2. The van der Waals surface area contributed by atoms with Crippen molar-refractivity contribution in [2.24, 2.45) is 0 Å². The Morgan fingerprint density at radius 3 is 2.59 bits per heavy atom. The molecule has 1 aromatic rings. The lowest BCUT2D eigenvalue weighted by molar-refractivity contribution is -0.139. The number of aliphatic carboxylic acids is 1. The zero-order valence-electron chi connectivity index (χ0n) is 12.5. The van der Waals surface area contributed by atoms with E-state index in [1.807, 2.05) is 25.1 Å². The van der Waals surface area contributed by atoms with Gasteiger partial charge in [-0.05, 0) is 31.9 Å². The van der Waals surface area contributed by atoms with Gasteiger partial charge < -0.3 is 10.4 Å². The molecule has 6 heteroatoms. The molecule has 4 nitrogen and oxygen atoms in total. The van der Waals surface area contributed by atoms with Gasteiger partial charge in [0.05, 0.1) is 22.2 Å². The number of thioether (sulfide) groups is 1. The summed E-state index contributed by atoms with van der Waals surface area (Å²) in [5, 5.41) is 12.4. The molecule has 1 saturated carbocycles. The number of carboxylic acids is 1. The normalized spacial score (nSPS) is 17.9. The monoisotopic (exact) mass is 341 g/mol. The summed E-state index contributed by atoms with van der Waals surface area (Å²) < 4.78 is 0. The van der Waals surface area contributed by atoms with Gasteiger partial charge >= 0.3 is 5.97 Å². The number of hydrogen-bond acceptors (Lipinski definition) is 3. The van der Waals surface area contributed by atoms with E-state index in [1.165, 1.54) is 11.8 Å². The first-order chi connectivity index (χ1) is 10.4. The van der Waals surface area contributed by atoms with E-state index in [-0.39, 0.29) is 17.6 Å². The molecule has 0 aliphatic heterocycles. The van der Waals surface area contributed by atoms with Crippen molar-refractivity contribution in [3.05, 3.63) is 29.3 Å². The van der Waals surface area contributed by atoms with Crippen molar-refractivity contribution in [3.63, 3.8) is 0 Å². The maximum atomic E-state index is 12.4. The Morgan fingerprint density at radius 2 is 2.00 bits per heavy atom. The minimum Gasteiger partial charge on any atom is -0.481 e. The molecule has 1 aromatic carbocycles. The minimum atomic E-state index is -0.867. The van der Waals surface area contributed by atoms with E-state index in [9.17, 15) is 9.59 Å². The zero-order chi connectivity index (χ0) is 16.2. The number of rotatable bonds is 6. The summed E-state index contributed by atoms with van der Waals surface area (Å²) in [5.74, 6) is -0.998. The van der Waals surface area contributed by atoms with Crippen LogP contribution in [0.15, 0.2) is 29.2 Å². The van der Waals surface area contributed by atoms with Gasteiger partial charge in [0.15, 0.2) is 0 Å². The number of benzene rings is 1. The van der Waals surface area contributed by atoms with Crippen LogP contribution in [0.3, 0.4) is 0 Å². The van der Waals surface area contributed by atoms with E-state index in [2.05, 4.69) is 5.32 Å². The van der Waals surface area contributed by atoms with Gasteiger partial charge in [-0.15, -0.1) is 11.8 Å². The Morgan fingerprint density at radius 1 is 1.36 bits per heavy atom. The van der Waals surface area contributed by atoms with Gasteiger partial charge in [-0.25, -0.2) is 0 Å². The molecule has 22 heavy (non-hydrogen) atoms. The van der Waals surface area contributed by atoms with Crippen LogP contribution in [-0.2, 0) is 9.59 Å². The average Bonchev–Trinajstić information content (AvgIpc) is 2.88. The molecular formula is C16H20ClNO3S. The van der Waals surface area contributed by atoms with E-state index in [4.69, 9.17) is 16.7 Å². The van der Waals surface area contributed by atoms with Gasteiger partial charge in [-0.1, -0.05) is 36.6 Å². The van der Waals surface area contributed by atoms with Crippen molar-refractivity contribution >= 4 is 35.2 Å². The van der Waals surface area contributed by atoms with Crippen LogP contribution in [0.1, 0.15) is 39.0 Å². The molecule has 1 aliphatic carbocycles. The van der Waals surface area contributed by atoms with Crippen molar-refractivity contribution in [3.8, 4) is 0 Å². The molecule has 0 heterocycles. The third-order valence-corrected chi connectivity index (χ3v) is 5.57. The van der Waals surface area contributed by atoms with Crippen molar-refractivity contribution in [1.29, 1.82) is 0 Å². The van der Waals surface area contributed by atoms with Crippen molar-refractivity contribution < 1.29 is 14.7 Å². The summed E-state index contributed by atoms with van der Waals surface area (Å²) in [7, 11) is 0. The number of halogens is 1. The smallest absolute Gasteiger partial charge is 0.305 e. The predicted octanol–water partition coefficient (Wildman–Crippen LogP) is 3.72. The lowest BCUT2D eigenvalue weighted by Crippen LogP contribution is -2.50. The highest BCUT2D eigenvalue weighted by Crippen LogP contribution is 2.34. The summed E-state index contributed by atoms with van der Waals surface area (Å²) in [5.41, 5.74) is -0.585. The molecule has 1 unspecified atom stereocenters. The highest BCUT2D eigenvalue weighted by Gasteiger charge is 2.38. The van der Waals surface area contributed by atoms with Gasteiger partial charge in [-0.2, -0.15) is 0 Å². The van der Waals surface area contributed by atoms with E-state index in [0.717, 1.165) is 30.6 Å². The standard InChI is InChI=1S/C16H20ClNO3S/c1-11(22-13-7-3-2-6-12(13)17)15(21)18-16(10-14(19)20)8-4-5-9-16/h2-3,6-7,11H,4-5,8-10H2,1H3,(H,18,21)(H,19,20). The largest absolute Gasteiger partial charge is 0.481 e. The number of carbonyl (C=O) groups excluding carboxylic acids is 1. The van der Waals surface area contributed by atoms with E-state index < -0.39 is 11.5 Å². The van der Waals surface area contributed by atoms with Crippen molar-refractivity contribution in [2.75, 3.05) is 0 Å². The summed E-state index contributed by atoms with van der Waals surface area (Å²) in [6.07, 6.45) is 3.37. The molecule has 0 radical (unpaired) electrons. The Balaban J connectivity index is 2.01. The highest BCUT2D eigenvalue weighted by atomic mass is 35.5. The number of hydrogen-bond donors (Lipinski definition) is 2. The predicted molar refractivity (Wildman–Crippen MR) is 88.4 cm³/mol. The molecule has 1 amide bonds. The van der Waals surface area contributed by atoms with Crippen LogP contribution in [0, 0.1) is 0 Å². The van der Waals surface area contributed by atoms with Crippen LogP contribution in [-0.4, -0.2) is 27.8 Å². The van der Waals surface area contributed by atoms with Crippen molar-refractivity contribution in [1.82, 2.24) is 5.32 Å². The average molecular weight is 342 g/mol. The van der Waals surface area contributed by atoms with Crippen LogP contribution in [0.5, 0.6) is 0 Å². The number of nitrogens with one attached hydrogen (secondary N) is 1. The fourth-order valence-electron chi connectivity index (χ4n) is 2.83. The maximum Gasteiger partial charge on any atom is 0.305 e. The topological polar surface area (TPSA) is 66.4 Å². The van der Waals surface area contributed by atoms with Gasteiger partial charge in [0.2, 0.25) is 5.91 Å². The number of carboxylic acid groups (broad SMARTS) is 1. The molecule has 0 saturated heterocycles. The van der Waals surface area contributed by atoms with Crippen LogP contribution < -0.4 is 5.32 Å². The van der Waals surface area contributed by atoms with Gasteiger partial charge in [-0.3, -0.25) is 9.59 Å². The van der Waals surface area contributed by atoms with E-state index in [0.29, 0.717) is 5.02 Å². The summed E-state index contributed by atoms with van der Waals surface area (Å²) in [6, 6.07) is 7.38. The second-order valence-electron chi connectivity index (χ2n) is 5.74. The van der Waals surface area contributed by atoms with Crippen molar-refractivity contribution in [2.45, 2.75) is 54.7 Å². The Bertz CT molecular complexity index is 558. The molecule has 2 rings (SSSR count). The fraction of sp³-hybridized carbons (Fsp3) is 0.500. The molecule has 1 fully saturated rings. The summed E-state index contributed by atoms with van der Waals surface area (Å²) in [4.78, 5) is 24.4. The van der Waals surface area contributed by atoms with Crippen LogP contribution in [0.2, 0.25) is 5.02 Å². The molecule has 1 aliphatic rings. The molecule has 0 aromatic heterocycles. The first kappa shape index (κ1) is 17.2. The fourth-order valence-corrected chi connectivity index (χ4v) is 3.99. The first-order valence-electron chi connectivity index (χ1n) is 7.37. The third-order valence-electron chi connectivity index (χ3n) is 3.95. The first-order valence-corrected chi connectivity index (χ1v) is 8.63. The quantitative estimate of drug-likeness (QED) is 0.774. The van der Waals surface area contributed by atoms with Crippen LogP contribution in [0.4, 0.5) is 0 Å². The van der Waals surface area contributed by atoms with E-state index in [1.54, 1.807) is 6.07 Å². The van der Waals surface area contributed by atoms with Crippen LogP contribution >= 0.6 is 23.4 Å². The molecule has 0 spiro atoms. The molecule has 120 valence electrons. The van der Waals surface area contributed by atoms with E-state index >= 15 is 0 Å².